The van der Waals surface area contributed by atoms with Gasteiger partial charge in [0.25, 0.3) is 0 Å². The fourth-order valence-electron chi connectivity index (χ4n) is 5.39. The molecule has 3 heteroatoms. The van der Waals surface area contributed by atoms with Crippen molar-refractivity contribution in [2.45, 2.75) is 19.3 Å². The van der Waals surface area contributed by atoms with Gasteiger partial charge in [-0.1, -0.05) is 30.4 Å². The number of Topliss-reactive ketones (excluding diaryl/α,β-unsaturated/α-hetero) is 1. The Bertz CT molecular complexity index is 925. The third-order valence-electron chi connectivity index (χ3n) is 6.24. The fourth-order valence-corrected chi connectivity index (χ4v) is 5.39. The molecule has 3 aliphatic carbocycles. The zero-order valence-electron chi connectivity index (χ0n) is 14.1. The zero-order chi connectivity index (χ0) is 16.6. The largest absolute Gasteiger partial charge is 0.496 e. The second kappa shape index (κ2) is 4.62. The first-order valence-electron chi connectivity index (χ1n) is 8.57. The summed E-state index contributed by atoms with van der Waals surface area (Å²) in [5.41, 5.74) is 2.96. The molecule has 0 N–H and O–H groups in total. The Morgan fingerprint density at radius 2 is 1.71 bits per heavy atom. The smallest absolute Gasteiger partial charge is 0.171 e. The van der Waals surface area contributed by atoms with Gasteiger partial charge in [-0.05, 0) is 30.7 Å². The zero-order valence-corrected chi connectivity index (χ0v) is 14.1. The Hall–Kier alpha value is -2.29. The van der Waals surface area contributed by atoms with Crippen LogP contribution in [-0.4, -0.2) is 20.0 Å². The van der Waals surface area contributed by atoms with Crippen LogP contribution in [0.2, 0.25) is 0 Å². The molecule has 0 amide bonds. The van der Waals surface area contributed by atoms with Gasteiger partial charge in [0.05, 0.1) is 19.8 Å². The monoisotopic (exact) mass is 320 g/mol. The predicted molar refractivity (Wildman–Crippen MR) is 93.1 cm³/mol. The van der Waals surface area contributed by atoms with Crippen LogP contribution in [0.25, 0.3) is 10.8 Å². The van der Waals surface area contributed by atoms with Gasteiger partial charge in [0.2, 0.25) is 0 Å². The number of allylic oxidation sites excluding steroid dienone is 2. The summed E-state index contributed by atoms with van der Waals surface area (Å²) in [4.78, 5) is 13.3. The number of aryl methyl sites for hydroxylation is 1. The van der Waals surface area contributed by atoms with Crippen LogP contribution < -0.4 is 9.47 Å². The third kappa shape index (κ3) is 1.46. The fraction of sp³-hybridized carbons (Fsp3) is 0.381. The Morgan fingerprint density at radius 1 is 1.00 bits per heavy atom. The van der Waals surface area contributed by atoms with E-state index in [0.717, 1.165) is 45.4 Å². The third-order valence-corrected chi connectivity index (χ3v) is 6.24. The van der Waals surface area contributed by atoms with Crippen LogP contribution in [0, 0.1) is 24.7 Å². The maximum absolute atomic E-state index is 13.3. The maximum atomic E-state index is 13.3. The summed E-state index contributed by atoms with van der Waals surface area (Å²) < 4.78 is 11.6. The number of ether oxygens (including phenoxy) is 2. The van der Waals surface area contributed by atoms with Crippen molar-refractivity contribution in [3.8, 4) is 11.5 Å². The molecule has 3 aliphatic rings. The molecule has 4 atom stereocenters. The Labute approximate surface area is 141 Å². The summed E-state index contributed by atoms with van der Waals surface area (Å²) in [7, 11) is 3.38. The lowest BCUT2D eigenvalue weighted by molar-refractivity contribution is 0.0909. The summed E-state index contributed by atoms with van der Waals surface area (Å²) in [6.07, 6.45) is 5.62. The van der Waals surface area contributed by atoms with Crippen LogP contribution in [0.15, 0.2) is 30.4 Å². The average molecular weight is 320 g/mol. The molecule has 0 radical (unpaired) electrons. The number of hydrogen-bond acceptors (Lipinski definition) is 3. The van der Waals surface area contributed by atoms with Gasteiger partial charge in [-0.25, -0.2) is 0 Å². The van der Waals surface area contributed by atoms with Crippen molar-refractivity contribution in [1.29, 1.82) is 0 Å². The van der Waals surface area contributed by atoms with E-state index in [1.165, 1.54) is 0 Å². The van der Waals surface area contributed by atoms with E-state index in [9.17, 15) is 4.79 Å². The van der Waals surface area contributed by atoms with Crippen LogP contribution in [-0.2, 0) is 0 Å². The lowest BCUT2D eigenvalue weighted by Gasteiger charge is -2.22. The molecule has 0 spiro atoms. The molecular formula is C21H20O3. The number of methoxy groups -OCH3 is 2. The summed E-state index contributed by atoms with van der Waals surface area (Å²) >= 11 is 0. The van der Waals surface area contributed by atoms with E-state index < -0.39 is 0 Å². The van der Waals surface area contributed by atoms with Crippen LogP contribution in [0.3, 0.4) is 0 Å². The molecule has 2 bridgehead atoms. The van der Waals surface area contributed by atoms with Crippen molar-refractivity contribution in [1.82, 2.24) is 0 Å². The lowest BCUT2D eigenvalue weighted by Crippen LogP contribution is -2.18. The van der Waals surface area contributed by atoms with Crippen molar-refractivity contribution in [2.24, 2.45) is 17.8 Å². The van der Waals surface area contributed by atoms with E-state index in [1.807, 2.05) is 6.07 Å². The number of carbonyl (C=O) groups is 1. The highest BCUT2D eigenvalue weighted by Crippen LogP contribution is 2.63. The van der Waals surface area contributed by atoms with Crippen molar-refractivity contribution in [3.05, 3.63) is 47.0 Å². The van der Waals surface area contributed by atoms with Crippen molar-refractivity contribution in [3.63, 3.8) is 0 Å². The minimum atomic E-state index is 0.0647. The van der Waals surface area contributed by atoms with E-state index >= 15 is 0 Å². The molecule has 3 nitrogen and oxygen atoms in total. The summed E-state index contributed by atoms with van der Waals surface area (Å²) in [6, 6.07) is 6.17. The highest BCUT2D eigenvalue weighted by molar-refractivity contribution is 6.14. The number of carbonyl (C=O) groups excluding carboxylic acids is 1. The summed E-state index contributed by atoms with van der Waals surface area (Å²) in [5, 5.41) is 2.05. The van der Waals surface area contributed by atoms with Gasteiger partial charge in [-0.3, -0.25) is 4.79 Å². The van der Waals surface area contributed by atoms with Crippen molar-refractivity contribution < 1.29 is 14.3 Å². The molecular weight excluding hydrogens is 300 g/mol. The van der Waals surface area contributed by atoms with Gasteiger partial charge in [-0.2, -0.15) is 0 Å². The van der Waals surface area contributed by atoms with Gasteiger partial charge in [0.15, 0.2) is 5.78 Å². The van der Waals surface area contributed by atoms with Crippen LogP contribution in [0.1, 0.15) is 33.8 Å². The van der Waals surface area contributed by atoms with Crippen LogP contribution in [0.5, 0.6) is 11.5 Å². The Balaban J connectivity index is 1.93. The number of ketones is 1. The highest BCUT2D eigenvalue weighted by atomic mass is 16.5. The quantitative estimate of drug-likeness (QED) is 0.775. The molecule has 2 aromatic carbocycles. The molecule has 1 saturated carbocycles. The molecule has 0 aliphatic heterocycles. The second-order valence-electron chi connectivity index (χ2n) is 7.22. The average Bonchev–Trinajstić information content (AvgIpc) is 3.27. The van der Waals surface area contributed by atoms with E-state index in [4.69, 9.17) is 9.47 Å². The second-order valence-corrected chi connectivity index (χ2v) is 7.22. The lowest BCUT2D eigenvalue weighted by atomic mass is 9.82. The molecule has 2 aromatic rings. The van der Waals surface area contributed by atoms with Crippen molar-refractivity contribution in [2.75, 3.05) is 14.2 Å². The summed E-state index contributed by atoms with van der Waals surface area (Å²) in [6.45, 7) is 2.06. The van der Waals surface area contributed by atoms with E-state index in [0.29, 0.717) is 11.8 Å². The number of benzene rings is 2. The van der Waals surface area contributed by atoms with E-state index in [1.54, 1.807) is 14.2 Å². The molecule has 4 unspecified atom stereocenters. The SMILES string of the molecule is COc1c2c(c(OC)c3c(C)cccc13)C(=O)C1C3C=CC(C3)C21. The number of fused-ring (bicyclic) bond motifs is 8. The van der Waals surface area contributed by atoms with Crippen LogP contribution >= 0.6 is 0 Å². The maximum Gasteiger partial charge on any atom is 0.171 e. The topological polar surface area (TPSA) is 35.5 Å². The molecule has 1 fully saturated rings. The first kappa shape index (κ1) is 14.1. The minimum absolute atomic E-state index is 0.0647. The molecule has 0 aromatic heterocycles. The van der Waals surface area contributed by atoms with Gasteiger partial charge >= 0.3 is 0 Å². The first-order chi connectivity index (χ1) is 11.7. The van der Waals surface area contributed by atoms with Gasteiger partial charge in [0, 0.05) is 28.2 Å². The van der Waals surface area contributed by atoms with E-state index in [2.05, 4.69) is 31.2 Å². The molecule has 122 valence electrons. The van der Waals surface area contributed by atoms with Gasteiger partial charge < -0.3 is 9.47 Å². The van der Waals surface area contributed by atoms with E-state index in [-0.39, 0.29) is 17.6 Å². The highest BCUT2D eigenvalue weighted by Gasteiger charge is 2.56. The normalized spacial score (nSPS) is 29.2. The van der Waals surface area contributed by atoms with Gasteiger partial charge in [-0.15, -0.1) is 0 Å². The predicted octanol–water partition coefficient (Wildman–Crippen LogP) is 4.27. The standard InChI is InChI=1S/C21H20O3/c1-10-5-4-6-13-14(10)21(24-3)18-17(20(13)23-2)15-11-7-8-12(9-11)16(15)19(18)22/h4-8,11-12,15-16H,9H2,1-3H3. The Morgan fingerprint density at radius 3 is 2.42 bits per heavy atom. The van der Waals surface area contributed by atoms with Gasteiger partial charge in [0.1, 0.15) is 11.5 Å². The Kier molecular flexibility index (Phi) is 2.71. The number of rotatable bonds is 2. The van der Waals surface area contributed by atoms with Crippen molar-refractivity contribution >= 4 is 16.6 Å². The molecule has 0 heterocycles. The minimum Gasteiger partial charge on any atom is -0.496 e. The van der Waals surface area contributed by atoms with Crippen LogP contribution in [0.4, 0.5) is 0 Å². The summed E-state index contributed by atoms with van der Waals surface area (Å²) in [5.74, 6) is 2.98. The molecule has 0 saturated heterocycles. The molecule has 5 rings (SSSR count). The number of hydrogen-bond donors (Lipinski definition) is 0. The first-order valence-corrected chi connectivity index (χ1v) is 8.57. The molecule has 24 heavy (non-hydrogen) atoms.